The van der Waals surface area contributed by atoms with Gasteiger partial charge in [-0.3, -0.25) is 4.79 Å². The first kappa shape index (κ1) is 20.7. The zero-order valence-electron chi connectivity index (χ0n) is 14.3. The van der Waals surface area contributed by atoms with Gasteiger partial charge in [-0.25, -0.2) is 0 Å². The Labute approximate surface area is 137 Å². The van der Waals surface area contributed by atoms with Crippen molar-refractivity contribution in [2.75, 3.05) is 0 Å². The Morgan fingerprint density at radius 1 is 0.727 bits per heavy atom. The second kappa shape index (κ2) is 17.7. The molecule has 0 saturated heterocycles. The fourth-order valence-corrected chi connectivity index (χ4v) is 2.18. The molecule has 0 fully saturated rings. The van der Waals surface area contributed by atoms with Crippen molar-refractivity contribution in [3.05, 3.63) is 36.5 Å². The molecule has 1 N–H and O–H groups in total. The van der Waals surface area contributed by atoms with Gasteiger partial charge in [-0.2, -0.15) is 0 Å². The molecule has 0 spiro atoms. The van der Waals surface area contributed by atoms with Gasteiger partial charge in [-0.1, -0.05) is 69.1 Å². The van der Waals surface area contributed by atoms with E-state index in [0.29, 0.717) is 6.42 Å². The maximum atomic E-state index is 10.3. The van der Waals surface area contributed by atoms with Crippen molar-refractivity contribution < 1.29 is 9.90 Å². The van der Waals surface area contributed by atoms with E-state index in [-0.39, 0.29) is 6.42 Å². The lowest BCUT2D eigenvalue weighted by molar-refractivity contribution is -0.136. The lowest BCUT2D eigenvalue weighted by Gasteiger charge is -1.97. The Kier molecular flexibility index (Phi) is 16.7. The summed E-state index contributed by atoms with van der Waals surface area (Å²) in [5, 5.41) is 8.48. The highest BCUT2D eigenvalue weighted by molar-refractivity contribution is 5.66. The summed E-state index contributed by atoms with van der Waals surface area (Å²) in [6, 6.07) is 0. The van der Waals surface area contributed by atoms with Crippen molar-refractivity contribution in [2.45, 2.75) is 84.0 Å². The number of unbranched alkanes of at least 4 members (excludes halogenated alkanes) is 8. The summed E-state index contributed by atoms with van der Waals surface area (Å²) in [6.45, 7) is 2.24. The molecule has 0 unspecified atom stereocenters. The molecule has 22 heavy (non-hydrogen) atoms. The molecule has 0 heterocycles. The molecule has 0 aromatic heterocycles. The minimum absolute atomic E-state index is 0.220. The number of rotatable bonds is 15. The topological polar surface area (TPSA) is 37.3 Å². The smallest absolute Gasteiger partial charge is 0.303 e. The van der Waals surface area contributed by atoms with Crippen LogP contribution in [-0.4, -0.2) is 11.1 Å². The number of hydrogen-bond donors (Lipinski definition) is 1. The van der Waals surface area contributed by atoms with Gasteiger partial charge in [0.2, 0.25) is 0 Å². The first-order valence-corrected chi connectivity index (χ1v) is 8.95. The van der Waals surface area contributed by atoms with Crippen LogP contribution in [0.15, 0.2) is 36.5 Å². The summed E-state index contributed by atoms with van der Waals surface area (Å²) in [4.78, 5) is 10.3. The third-order valence-corrected chi connectivity index (χ3v) is 3.54. The third kappa shape index (κ3) is 18.7. The zero-order chi connectivity index (χ0) is 16.3. The van der Waals surface area contributed by atoms with Crippen LogP contribution in [0.2, 0.25) is 0 Å². The van der Waals surface area contributed by atoms with Crippen molar-refractivity contribution in [3.63, 3.8) is 0 Å². The van der Waals surface area contributed by atoms with E-state index in [0.717, 1.165) is 6.42 Å². The number of carboxylic acid groups (broad SMARTS) is 1. The summed E-state index contributed by atoms with van der Waals surface area (Å²) < 4.78 is 0. The molecule has 0 saturated carbocycles. The molecule has 0 aliphatic carbocycles. The van der Waals surface area contributed by atoms with E-state index in [1.165, 1.54) is 57.8 Å². The maximum Gasteiger partial charge on any atom is 0.303 e. The van der Waals surface area contributed by atoms with Gasteiger partial charge in [0.1, 0.15) is 0 Å². The molecule has 0 radical (unpaired) electrons. The van der Waals surface area contributed by atoms with Crippen LogP contribution >= 0.6 is 0 Å². The van der Waals surface area contributed by atoms with Gasteiger partial charge in [-0.05, 0) is 44.9 Å². The molecule has 0 aliphatic rings. The molecular weight excluding hydrogens is 272 g/mol. The lowest BCUT2D eigenvalue weighted by Crippen LogP contribution is -1.91. The Balaban J connectivity index is 3.24. The number of hydrogen-bond acceptors (Lipinski definition) is 1. The fraction of sp³-hybridized carbons (Fsp3) is 0.650. The maximum absolute atomic E-state index is 10.3. The van der Waals surface area contributed by atoms with Gasteiger partial charge in [0.25, 0.3) is 0 Å². The SMILES string of the molecule is CCCCCC=CCCCCCCC=CC=CCCC(=O)O. The molecular formula is C20H34O2. The number of carboxylic acids is 1. The average molecular weight is 306 g/mol. The minimum atomic E-state index is -0.732. The molecule has 0 aromatic carbocycles. The van der Waals surface area contributed by atoms with Gasteiger partial charge in [0, 0.05) is 6.42 Å². The second-order valence-electron chi connectivity index (χ2n) is 5.75. The van der Waals surface area contributed by atoms with Gasteiger partial charge in [0.15, 0.2) is 0 Å². The van der Waals surface area contributed by atoms with Crippen LogP contribution in [0.4, 0.5) is 0 Å². The summed E-state index contributed by atoms with van der Waals surface area (Å²) in [5.41, 5.74) is 0. The predicted molar refractivity (Wildman–Crippen MR) is 96.1 cm³/mol. The normalized spacial score (nSPS) is 12.0. The fourth-order valence-electron chi connectivity index (χ4n) is 2.18. The van der Waals surface area contributed by atoms with Crippen LogP contribution in [0.5, 0.6) is 0 Å². The Morgan fingerprint density at radius 2 is 1.23 bits per heavy atom. The summed E-state index contributed by atoms with van der Waals surface area (Å²) in [7, 11) is 0. The van der Waals surface area contributed by atoms with E-state index < -0.39 is 5.97 Å². The van der Waals surface area contributed by atoms with Gasteiger partial charge in [-0.15, -0.1) is 0 Å². The van der Waals surface area contributed by atoms with Crippen LogP contribution in [0.1, 0.15) is 84.0 Å². The largest absolute Gasteiger partial charge is 0.481 e. The third-order valence-electron chi connectivity index (χ3n) is 3.54. The quantitative estimate of drug-likeness (QED) is 0.215. The summed E-state index contributed by atoms with van der Waals surface area (Å²) in [5.74, 6) is -0.732. The van der Waals surface area contributed by atoms with Gasteiger partial charge >= 0.3 is 5.97 Å². The number of aliphatic carboxylic acids is 1. The first-order valence-electron chi connectivity index (χ1n) is 8.95. The highest BCUT2D eigenvalue weighted by atomic mass is 16.4. The molecule has 0 aromatic rings. The van der Waals surface area contributed by atoms with Crippen LogP contribution in [0.3, 0.4) is 0 Å². The van der Waals surface area contributed by atoms with Crippen molar-refractivity contribution >= 4 is 5.97 Å². The molecule has 0 amide bonds. The monoisotopic (exact) mass is 306 g/mol. The highest BCUT2D eigenvalue weighted by Gasteiger charge is 1.90. The molecule has 126 valence electrons. The Hall–Kier alpha value is -1.31. The number of allylic oxidation sites excluding steroid dienone is 6. The molecule has 0 rings (SSSR count). The van der Waals surface area contributed by atoms with E-state index in [9.17, 15) is 4.79 Å². The van der Waals surface area contributed by atoms with Crippen LogP contribution < -0.4 is 0 Å². The van der Waals surface area contributed by atoms with Crippen LogP contribution in [0.25, 0.3) is 0 Å². The van der Waals surface area contributed by atoms with E-state index in [1.54, 1.807) is 0 Å². The second-order valence-corrected chi connectivity index (χ2v) is 5.75. The van der Waals surface area contributed by atoms with Gasteiger partial charge < -0.3 is 5.11 Å². The van der Waals surface area contributed by atoms with Crippen LogP contribution in [0, 0.1) is 0 Å². The molecule has 0 atom stereocenters. The summed E-state index contributed by atoms with van der Waals surface area (Å²) >= 11 is 0. The molecule has 2 heteroatoms. The standard InChI is InChI=1S/C20H34O2/c1-2-3-4-5-6-7-8-9-10-11-12-13-14-15-16-17-18-19-20(21)22/h6-7,14-17H,2-5,8-13,18-19H2,1H3,(H,21,22). The van der Waals surface area contributed by atoms with E-state index in [2.05, 4.69) is 25.2 Å². The van der Waals surface area contributed by atoms with Crippen LogP contribution in [-0.2, 0) is 4.79 Å². The first-order chi connectivity index (χ1) is 10.8. The molecule has 0 bridgehead atoms. The van der Waals surface area contributed by atoms with Crippen molar-refractivity contribution in [3.8, 4) is 0 Å². The summed E-state index contributed by atoms with van der Waals surface area (Å²) in [6.07, 6.45) is 26.4. The Morgan fingerprint density at radius 3 is 1.77 bits per heavy atom. The van der Waals surface area contributed by atoms with Gasteiger partial charge in [0.05, 0.1) is 0 Å². The minimum Gasteiger partial charge on any atom is -0.481 e. The van der Waals surface area contributed by atoms with Crippen molar-refractivity contribution in [1.29, 1.82) is 0 Å². The lowest BCUT2D eigenvalue weighted by atomic mass is 10.1. The number of carbonyl (C=O) groups is 1. The van der Waals surface area contributed by atoms with E-state index >= 15 is 0 Å². The Bertz CT molecular complexity index is 327. The van der Waals surface area contributed by atoms with E-state index in [1.807, 2.05) is 18.2 Å². The average Bonchev–Trinajstić information content (AvgIpc) is 2.50. The predicted octanol–water partition coefficient (Wildman–Crippen LogP) is 6.44. The van der Waals surface area contributed by atoms with E-state index in [4.69, 9.17) is 5.11 Å². The van der Waals surface area contributed by atoms with Crippen molar-refractivity contribution in [2.24, 2.45) is 0 Å². The van der Waals surface area contributed by atoms with Crippen molar-refractivity contribution in [1.82, 2.24) is 0 Å². The highest BCUT2D eigenvalue weighted by Crippen LogP contribution is 2.07. The molecule has 2 nitrogen and oxygen atoms in total. The zero-order valence-corrected chi connectivity index (χ0v) is 14.3. The molecule has 0 aliphatic heterocycles.